The number of carboxylic acid groups (broad SMARTS) is 1. The molecule has 0 aromatic rings. The zero-order valence-corrected chi connectivity index (χ0v) is 47.3. The summed E-state index contributed by atoms with van der Waals surface area (Å²) in [6.07, 6.45) is -20.6. The first-order valence-corrected chi connectivity index (χ1v) is 28.0. The molecule has 5 aliphatic carbocycles. The number of carbonyl (C=O) groups is 3. The molecule has 3 aliphatic heterocycles. The van der Waals surface area contributed by atoms with Crippen LogP contribution in [-0.2, 0) is 52.3 Å². The van der Waals surface area contributed by atoms with Gasteiger partial charge in [0.1, 0.15) is 67.1 Å². The number of ether oxygens (including phenoxy) is 8. The van der Waals surface area contributed by atoms with Crippen molar-refractivity contribution in [3.63, 3.8) is 0 Å². The van der Waals surface area contributed by atoms with E-state index < -0.39 is 181 Å². The third-order valence-corrected chi connectivity index (χ3v) is 21.2. The van der Waals surface area contributed by atoms with Crippen LogP contribution in [0.4, 0.5) is 0 Å². The maximum atomic E-state index is 13.8. The van der Waals surface area contributed by atoms with Crippen molar-refractivity contribution in [3.05, 3.63) is 34.9 Å². The van der Waals surface area contributed by atoms with Crippen molar-refractivity contribution in [2.45, 2.75) is 232 Å². The van der Waals surface area contributed by atoms with Crippen molar-refractivity contribution in [1.82, 2.24) is 0 Å². The smallest absolute Gasteiger partial charge is 0.335 e. The topological polar surface area (TPSA) is 348 Å². The Labute approximate surface area is 461 Å². The van der Waals surface area contributed by atoms with E-state index in [1.54, 1.807) is 39.8 Å². The Morgan fingerprint density at radius 2 is 1.29 bits per heavy atom. The second kappa shape index (κ2) is 22.5. The van der Waals surface area contributed by atoms with Crippen molar-refractivity contribution in [2.24, 2.45) is 50.2 Å². The molecule has 3 saturated heterocycles. The van der Waals surface area contributed by atoms with Crippen molar-refractivity contribution >= 4 is 17.9 Å². The van der Waals surface area contributed by atoms with Gasteiger partial charge in [0.25, 0.3) is 0 Å². The number of aliphatic carboxylic acids is 1. The van der Waals surface area contributed by atoms with E-state index in [2.05, 4.69) is 40.7 Å². The molecule has 0 bridgehead atoms. The third kappa shape index (κ3) is 10.1. The Bertz CT molecular complexity index is 2350. The fraction of sp³-hybridized carbons (Fsp3) is 0.842. The minimum absolute atomic E-state index is 0.0231. The average Bonchev–Trinajstić information content (AvgIpc) is 3.49. The SMILES string of the molecule is C/C=C(/C)C(=O)O[C@H]1[C@H](OC(=O)/C(C)=C\C)[C@@]2(CO)C(CC1(C)C)C1=CCC3[C@@]4(C)CC[C@H](OC5OC(C(=O)O)C(O)C(OC6OCC(O)C(O)C6O)C5OC5OC(CO)C(O)C(O)C5O)C(C)(C)C4CC[C@@]3(C)[C@]1(C)C[C@H]2O. The number of rotatable bonds is 13. The number of fused-ring (bicyclic) bond motifs is 7. The summed E-state index contributed by atoms with van der Waals surface area (Å²) < 4.78 is 49.1. The summed E-state index contributed by atoms with van der Waals surface area (Å²) in [5.41, 5.74) is -2.71. The molecule has 79 heavy (non-hydrogen) atoms. The summed E-state index contributed by atoms with van der Waals surface area (Å²) >= 11 is 0. The number of aliphatic hydroxyl groups is 10. The van der Waals surface area contributed by atoms with E-state index in [4.69, 9.17) is 37.9 Å². The molecule has 0 radical (unpaired) electrons. The highest BCUT2D eigenvalue weighted by molar-refractivity contribution is 5.89. The largest absolute Gasteiger partial charge is 0.479 e. The highest BCUT2D eigenvalue weighted by Gasteiger charge is 2.74. The standard InChI is InChI=1S/C57H88O22/c1-12-25(3)47(70)78-44-45(79-48(71)26(4)13-2)57(24-59)28(20-52(44,5)6)27-14-15-32-54(9)18-17-34(53(7,8)31(54)16-19-55(32,10)56(27,11)21-33(57)61)74-51-43(77-50-39(66)37(64)36(63)30(22-58)73-50)41(40(67)42(76-51)46(68)69)75-49-38(65)35(62)29(60)23-72-49/h12-14,28-45,49-51,58-67H,15-24H2,1-11H3,(H,68,69)/b25-12-,26-13-/t28?,29?,30?,31?,32?,33-,34+,35?,36?,37?,38?,39?,40?,41?,42?,43?,44+,45+,49?,50?,51?,54+,55-,56-,57+/m1/s1. The molecule has 0 aromatic carbocycles. The van der Waals surface area contributed by atoms with Crippen LogP contribution in [0, 0.1) is 50.2 Å². The molecule has 0 amide bonds. The van der Waals surface area contributed by atoms with Gasteiger partial charge >= 0.3 is 17.9 Å². The average molecular weight is 1130 g/mol. The molecule has 8 rings (SSSR count). The van der Waals surface area contributed by atoms with E-state index in [0.29, 0.717) is 49.7 Å². The Balaban J connectivity index is 1.12. The Morgan fingerprint density at radius 3 is 1.89 bits per heavy atom. The van der Waals surface area contributed by atoms with Crippen molar-refractivity contribution in [2.75, 3.05) is 19.8 Å². The van der Waals surface area contributed by atoms with Gasteiger partial charge in [-0.25, -0.2) is 14.4 Å². The first kappa shape index (κ1) is 62.0. The molecule has 11 N–H and O–H groups in total. The number of carboxylic acids is 1. The second-order valence-electron chi connectivity index (χ2n) is 26.0. The van der Waals surface area contributed by atoms with E-state index in [1.807, 2.05) is 13.8 Å². The summed E-state index contributed by atoms with van der Waals surface area (Å²) in [5.74, 6) is -3.40. The van der Waals surface area contributed by atoms with E-state index in [1.165, 1.54) is 0 Å². The van der Waals surface area contributed by atoms with Gasteiger partial charge in [-0.2, -0.15) is 0 Å². The van der Waals surface area contributed by atoms with Gasteiger partial charge < -0.3 is 94.1 Å². The Morgan fingerprint density at radius 1 is 0.684 bits per heavy atom. The van der Waals surface area contributed by atoms with Crippen LogP contribution >= 0.6 is 0 Å². The van der Waals surface area contributed by atoms with Gasteiger partial charge in [0.2, 0.25) is 0 Å². The predicted molar refractivity (Wildman–Crippen MR) is 275 cm³/mol. The van der Waals surface area contributed by atoms with E-state index in [-0.39, 0.29) is 23.7 Å². The minimum Gasteiger partial charge on any atom is -0.479 e. The summed E-state index contributed by atoms with van der Waals surface area (Å²) in [6, 6.07) is 0. The van der Waals surface area contributed by atoms with Crippen LogP contribution in [0.25, 0.3) is 0 Å². The molecular formula is C57H88O22. The van der Waals surface area contributed by atoms with Gasteiger partial charge in [-0.3, -0.25) is 0 Å². The zero-order chi connectivity index (χ0) is 58.4. The number of hydrogen-bond acceptors (Lipinski definition) is 21. The maximum absolute atomic E-state index is 13.8. The molecule has 8 aliphatic rings. The Kier molecular flexibility index (Phi) is 17.7. The van der Waals surface area contributed by atoms with Crippen LogP contribution in [-0.4, -0.2) is 204 Å². The lowest BCUT2D eigenvalue weighted by molar-refractivity contribution is -0.392. The first-order chi connectivity index (χ1) is 36.9. The number of hydrogen-bond donors (Lipinski definition) is 11. The van der Waals surface area contributed by atoms with Crippen LogP contribution in [0.1, 0.15) is 121 Å². The van der Waals surface area contributed by atoms with Crippen molar-refractivity contribution in [3.8, 4) is 0 Å². The molecular weight excluding hydrogens is 1040 g/mol. The van der Waals surface area contributed by atoms with Crippen molar-refractivity contribution < 1.29 is 108 Å². The van der Waals surface area contributed by atoms with Crippen LogP contribution in [0.3, 0.4) is 0 Å². The number of allylic oxidation sites excluding steroid dienone is 4. The maximum Gasteiger partial charge on any atom is 0.335 e. The van der Waals surface area contributed by atoms with E-state index in [0.717, 1.165) is 5.57 Å². The molecule has 22 heteroatoms. The molecule has 4 saturated carbocycles. The summed E-state index contributed by atoms with van der Waals surface area (Å²) in [4.78, 5) is 40.3. The van der Waals surface area contributed by atoms with Crippen molar-refractivity contribution in [1.29, 1.82) is 0 Å². The van der Waals surface area contributed by atoms with Gasteiger partial charge in [-0.05, 0) is 112 Å². The summed E-state index contributed by atoms with van der Waals surface area (Å²) in [6.45, 7) is 19.6. The van der Waals surface area contributed by atoms with Crippen LogP contribution in [0.2, 0.25) is 0 Å². The van der Waals surface area contributed by atoms with Gasteiger partial charge in [0, 0.05) is 16.6 Å². The molecule has 17 unspecified atom stereocenters. The van der Waals surface area contributed by atoms with Gasteiger partial charge in [-0.1, -0.05) is 72.3 Å². The summed E-state index contributed by atoms with van der Waals surface area (Å²) in [7, 11) is 0. The number of carbonyl (C=O) groups excluding carboxylic acids is 2. The highest BCUT2D eigenvalue weighted by Crippen LogP contribution is 2.76. The quantitative estimate of drug-likeness (QED) is 0.0536. The lowest BCUT2D eigenvalue weighted by Gasteiger charge is -2.72. The molecule has 0 spiro atoms. The molecule has 0 aromatic heterocycles. The predicted octanol–water partition coefficient (Wildman–Crippen LogP) is 1.29. The van der Waals surface area contributed by atoms with Gasteiger partial charge in [0.15, 0.2) is 31.1 Å². The van der Waals surface area contributed by atoms with Crippen LogP contribution in [0.5, 0.6) is 0 Å². The number of esters is 2. The van der Waals surface area contributed by atoms with Gasteiger partial charge in [-0.15, -0.1) is 0 Å². The fourth-order valence-electron chi connectivity index (χ4n) is 16.1. The monoisotopic (exact) mass is 1120 g/mol. The molecule has 22 nitrogen and oxygen atoms in total. The second-order valence-corrected chi connectivity index (χ2v) is 26.0. The Hall–Kier alpha value is -3.01. The van der Waals surface area contributed by atoms with E-state index >= 15 is 0 Å². The van der Waals surface area contributed by atoms with Crippen LogP contribution < -0.4 is 0 Å². The third-order valence-electron chi connectivity index (χ3n) is 21.2. The fourth-order valence-corrected chi connectivity index (χ4v) is 16.1. The van der Waals surface area contributed by atoms with Crippen LogP contribution in [0.15, 0.2) is 34.9 Å². The van der Waals surface area contributed by atoms with E-state index in [9.17, 15) is 70.6 Å². The lowest BCUT2D eigenvalue weighted by Crippen LogP contribution is -2.72. The normalized spacial score (nSPS) is 48.7. The minimum atomic E-state index is -2.10. The van der Waals surface area contributed by atoms with Gasteiger partial charge in [0.05, 0.1) is 37.4 Å². The summed E-state index contributed by atoms with van der Waals surface area (Å²) in [5, 5.41) is 121. The molecule has 448 valence electrons. The first-order valence-electron chi connectivity index (χ1n) is 28.0. The highest BCUT2D eigenvalue weighted by atomic mass is 16.8. The lowest BCUT2D eigenvalue weighted by atomic mass is 9.33. The number of aliphatic hydroxyl groups excluding tert-OH is 10. The molecule has 7 fully saturated rings. The zero-order valence-electron chi connectivity index (χ0n) is 47.3. The molecule has 3 heterocycles. The molecule has 25 atom stereocenters.